The Morgan fingerprint density at radius 3 is 2.64 bits per heavy atom. The average Bonchev–Trinajstić information content (AvgIpc) is 3.26. The first-order chi connectivity index (χ1) is 12.2. The molecule has 0 saturated carbocycles. The summed E-state index contributed by atoms with van der Waals surface area (Å²) in [5.41, 5.74) is 1.09. The number of hydrogen-bond acceptors (Lipinski definition) is 4. The van der Waals surface area contributed by atoms with Gasteiger partial charge in [-0.3, -0.25) is 4.79 Å². The van der Waals surface area contributed by atoms with Crippen LogP contribution in [-0.4, -0.2) is 24.0 Å². The summed E-state index contributed by atoms with van der Waals surface area (Å²) in [4.78, 5) is 12.4. The molecule has 2 heterocycles. The van der Waals surface area contributed by atoms with Crippen molar-refractivity contribution in [1.29, 1.82) is 5.26 Å². The first-order valence-corrected chi connectivity index (χ1v) is 8.57. The maximum absolute atomic E-state index is 12.4. The standard InChI is InChI=1S/C20H19N3O2/c21-12-14-3-1-2-4-19(14)25-16-8-5-13(6-9-16)20(24)23-18-11-15-7-10-17(18)22-15/h1-6,8-9,15,17-18,22H,7,10-11H2,(H,23,24)/t15-,17+,18-/m1/s1. The minimum absolute atomic E-state index is 0.0525. The monoisotopic (exact) mass is 333 g/mol. The number of nitriles is 1. The molecule has 2 fully saturated rings. The maximum Gasteiger partial charge on any atom is 0.251 e. The first-order valence-electron chi connectivity index (χ1n) is 8.57. The molecule has 2 aliphatic rings. The van der Waals surface area contributed by atoms with Crippen LogP contribution in [0.5, 0.6) is 11.5 Å². The highest BCUT2D eigenvalue weighted by atomic mass is 16.5. The van der Waals surface area contributed by atoms with Crippen molar-refractivity contribution in [2.24, 2.45) is 0 Å². The minimum Gasteiger partial charge on any atom is -0.456 e. The van der Waals surface area contributed by atoms with Crippen LogP contribution in [0.4, 0.5) is 0 Å². The molecule has 0 spiro atoms. The van der Waals surface area contributed by atoms with Gasteiger partial charge >= 0.3 is 0 Å². The minimum atomic E-state index is -0.0525. The lowest BCUT2D eigenvalue weighted by Gasteiger charge is -2.21. The third-order valence-corrected chi connectivity index (χ3v) is 4.97. The molecule has 25 heavy (non-hydrogen) atoms. The zero-order valence-electron chi connectivity index (χ0n) is 13.7. The number of hydrogen-bond donors (Lipinski definition) is 2. The molecule has 0 radical (unpaired) electrons. The van der Waals surface area contributed by atoms with E-state index < -0.39 is 0 Å². The Hall–Kier alpha value is -2.84. The molecule has 5 nitrogen and oxygen atoms in total. The second-order valence-electron chi connectivity index (χ2n) is 6.60. The smallest absolute Gasteiger partial charge is 0.251 e. The van der Waals surface area contributed by atoms with Gasteiger partial charge in [-0.25, -0.2) is 0 Å². The van der Waals surface area contributed by atoms with Crippen molar-refractivity contribution in [3.05, 3.63) is 59.7 Å². The fraction of sp³-hybridized carbons (Fsp3) is 0.300. The molecular formula is C20H19N3O2. The molecule has 126 valence electrons. The van der Waals surface area contributed by atoms with Gasteiger partial charge in [0.15, 0.2) is 0 Å². The van der Waals surface area contributed by atoms with Crippen molar-refractivity contribution in [3.63, 3.8) is 0 Å². The molecule has 2 saturated heterocycles. The van der Waals surface area contributed by atoms with Gasteiger partial charge in [-0.15, -0.1) is 0 Å². The summed E-state index contributed by atoms with van der Waals surface area (Å²) in [5, 5.41) is 15.8. The molecular weight excluding hydrogens is 314 g/mol. The number of carbonyl (C=O) groups is 1. The summed E-state index contributed by atoms with van der Waals surface area (Å²) in [6.07, 6.45) is 3.37. The molecule has 2 aromatic carbocycles. The molecule has 2 N–H and O–H groups in total. The Bertz CT molecular complexity index is 826. The molecule has 2 aliphatic heterocycles. The largest absolute Gasteiger partial charge is 0.456 e. The van der Waals surface area contributed by atoms with Crippen LogP contribution in [0.25, 0.3) is 0 Å². The Kier molecular flexibility index (Phi) is 4.12. The van der Waals surface area contributed by atoms with Gasteiger partial charge in [0.1, 0.15) is 17.6 Å². The van der Waals surface area contributed by atoms with Crippen LogP contribution in [0.15, 0.2) is 48.5 Å². The number of nitrogens with zero attached hydrogens (tertiary/aromatic N) is 1. The summed E-state index contributed by atoms with van der Waals surface area (Å²) >= 11 is 0. The molecule has 3 atom stereocenters. The highest BCUT2D eigenvalue weighted by Crippen LogP contribution is 2.29. The number of amides is 1. The van der Waals surface area contributed by atoms with Crippen molar-refractivity contribution in [2.75, 3.05) is 0 Å². The van der Waals surface area contributed by atoms with E-state index in [4.69, 9.17) is 10.00 Å². The van der Waals surface area contributed by atoms with Crippen LogP contribution in [0.1, 0.15) is 35.2 Å². The van der Waals surface area contributed by atoms with Crippen LogP contribution in [0, 0.1) is 11.3 Å². The third-order valence-electron chi connectivity index (χ3n) is 4.97. The quantitative estimate of drug-likeness (QED) is 0.902. The number of para-hydroxylation sites is 1. The van der Waals surface area contributed by atoms with Crippen LogP contribution >= 0.6 is 0 Å². The predicted octanol–water partition coefficient (Wildman–Crippen LogP) is 2.97. The lowest BCUT2D eigenvalue weighted by molar-refractivity contribution is 0.0931. The van der Waals surface area contributed by atoms with Gasteiger partial charge in [-0.05, 0) is 55.7 Å². The predicted molar refractivity (Wildman–Crippen MR) is 93.5 cm³/mol. The van der Waals surface area contributed by atoms with Crippen molar-refractivity contribution < 1.29 is 9.53 Å². The molecule has 5 heteroatoms. The second-order valence-corrected chi connectivity index (χ2v) is 6.60. The van der Waals surface area contributed by atoms with Gasteiger partial charge in [-0.1, -0.05) is 12.1 Å². The Balaban J connectivity index is 1.41. The zero-order chi connectivity index (χ0) is 17.2. The molecule has 0 aliphatic carbocycles. The van der Waals surface area contributed by atoms with E-state index in [1.165, 1.54) is 6.42 Å². The highest BCUT2D eigenvalue weighted by molar-refractivity contribution is 5.94. The van der Waals surface area contributed by atoms with Crippen LogP contribution < -0.4 is 15.4 Å². The van der Waals surface area contributed by atoms with E-state index in [1.807, 2.05) is 6.07 Å². The fourth-order valence-corrected chi connectivity index (χ4v) is 3.68. The summed E-state index contributed by atoms with van der Waals surface area (Å²) in [6, 6.07) is 17.4. The summed E-state index contributed by atoms with van der Waals surface area (Å²) in [6.45, 7) is 0. The van der Waals surface area contributed by atoms with E-state index in [0.717, 1.165) is 12.8 Å². The van der Waals surface area contributed by atoms with E-state index in [0.29, 0.717) is 34.7 Å². The third kappa shape index (κ3) is 3.21. The average molecular weight is 333 g/mol. The van der Waals surface area contributed by atoms with E-state index in [9.17, 15) is 4.79 Å². The van der Waals surface area contributed by atoms with Crippen LogP contribution in [0.2, 0.25) is 0 Å². The van der Waals surface area contributed by atoms with Crippen molar-refractivity contribution in [2.45, 2.75) is 37.4 Å². The van der Waals surface area contributed by atoms with Crippen LogP contribution in [0.3, 0.4) is 0 Å². The molecule has 1 amide bonds. The van der Waals surface area contributed by atoms with Crippen LogP contribution in [-0.2, 0) is 0 Å². The number of ether oxygens (including phenoxy) is 1. The van der Waals surface area contributed by atoms with E-state index >= 15 is 0 Å². The molecule has 0 aromatic heterocycles. The second kappa shape index (κ2) is 6.58. The van der Waals surface area contributed by atoms with Gasteiger partial charge < -0.3 is 15.4 Å². The summed E-state index contributed by atoms with van der Waals surface area (Å²) in [7, 11) is 0. The molecule has 4 rings (SSSR count). The number of fused-ring (bicyclic) bond motifs is 2. The summed E-state index contributed by atoms with van der Waals surface area (Å²) in [5.74, 6) is 1.06. The number of carbonyl (C=O) groups excluding carboxylic acids is 1. The Morgan fingerprint density at radius 1 is 1.16 bits per heavy atom. The molecule has 0 unspecified atom stereocenters. The zero-order valence-corrected chi connectivity index (χ0v) is 13.7. The SMILES string of the molecule is N#Cc1ccccc1Oc1ccc(C(=O)N[C@@H]2C[C@H]3CC[C@@H]2N3)cc1. The van der Waals surface area contributed by atoms with Crippen molar-refractivity contribution in [3.8, 4) is 17.6 Å². The van der Waals surface area contributed by atoms with Gasteiger partial charge in [0.2, 0.25) is 0 Å². The van der Waals surface area contributed by atoms with Gasteiger partial charge in [-0.2, -0.15) is 5.26 Å². The fourth-order valence-electron chi connectivity index (χ4n) is 3.68. The molecule has 2 bridgehead atoms. The lowest BCUT2D eigenvalue weighted by atomic mass is 9.95. The van der Waals surface area contributed by atoms with E-state index in [1.54, 1.807) is 42.5 Å². The van der Waals surface area contributed by atoms with Crippen molar-refractivity contribution in [1.82, 2.24) is 10.6 Å². The maximum atomic E-state index is 12.4. The van der Waals surface area contributed by atoms with Gasteiger partial charge in [0, 0.05) is 23.7 Å². The first kappa shape index (κ1) is 15.7. The summed E-state index contributed by atoms with van der Waals surface area (Å²) < 4.78 is 5.74. The van der Waals surface area contributed by atoms with E-state index in [-0.39, 0.29) is 11.9 Å². The van der Waals surface area contributed by atoms with Crippen molar-refractivity contribution >= 4 is 5.91 Å². The lowest BCUT2D eigenvalue weighted by Crippen LogP contribution is -2.42. The number of nitrogens with one attached hydrogen (secondary N) is 2. The Morgan fingerprint density at radius 2 is 1.96 bits per heavy atom. The highest BCUT2D eigenvalue weighted by Gasteiger charge is 2.39. The van der Waals surface area contributed by atoms with E-state index in [2.05, 4.69) is 16.7 Å². The number of benzene rings is 2. The topological polar surface area (TPSA) is 74.1 Å². The normalized spacial score (nSPS) is 23.9. The van der Waals surface area contributed by atoms with Gasteiger partial charge in [0.05, 0.1) is 5.56 Å². The number of rotatable bonds is 4. The Labute approximate surface area is 146 Å². The van der Waals surface area contributed by atoms with Gasteiger partial charge in [0.25, 0.3) is 5.91 Å². The molecule has 2 aromatic rings.